The molecule has 1 saturated heterocycles. The number of likely N-dealkylation sites (tertiary alicyclic amines) is 1. The summed E-state index contributed by atoms with van der Waals surface area (Å²) in [7, 11) is 1.71. The standard InChI is InChI=1S/C11H21N3OS/c1-13-11(15)9-4-7-14(8-5-9)6-2-3-10(12)16/h9H,2-8H2,1H3,(H2,12,16)(H,13,15). The molecule has 0 radical (unpaired) electrons. The van der Waals surface area contributed by atoms with Crippen molar-refractivity contribution in [3.63, 3.8) is 0 Å². The summed E-state index contributed by atoms with van der Waals surface area (Å²) in [4.78, 5) is 14.4. The molecule has 1 rings (SSSR count). The minimum absolute atomic E-state index is 0.183. The zero-order valence-electron chi connectivity index (χ0n) is 9.87. The Labute approximate surface area is 103 Å². The molecule has 1 amide bonds. The number of nitrogens with two attached hydrogens (primary N) is 1. The molecular weight excluding hydrogens is 222 g/mol. The fraction of sp³-hybridized carbons (Fsp3) is 0.818. The molecule has 3 N–H and O–H groups in total. The van der Waals surface area contributed by atoms with Gasteiger partial charge in [0.15, 0.2) is 0 Å². The molecule has 4 nitrogen and oxygen atoms in total. The molecule has 0 atom stereocenters. The highest BCUT2D eigenvalue weighted by Crippen LogP contribution is 2.17. The van der Waals surface area contributed by atoms with E-state index in [1.54, 1.807) is 7.05 Å². The van der Waals surface area contributed by atoms with Gasteiger partial charge in [-0.3, -0.25) is 4.79 Å². The first-order chi connectivity index (χ1) is 7.63. The summed E-state index contributed by atoms with van der Waals surface area (Å²) in [5, 5.41) is 2.72. The fourth-order valence-corrected chi connectivity index (χ4v) is 2.24. The zero-order valence-corrected chi connectivity index (χ0v) is 10.7. The van der Waals surface area contributed by atoms with Crippen LogP contribution in [0.4, 0.5) is 0 Å². The van der Waals surface area contributed by atoms with Crippen LogP contribution in [-0.2, 0) is 4.79 Å². The highest BCUT2D eigenvalue weighted by Gasteiger charge is 2.23. The van der Waals surface area contributed by atoms with E-state index in [2.05, 4.69) is 10.2 Å². The molecule has 0 aromatic carbocycles. The average Bonchev–Trinajstić information content (AvgIpc) is 2.28. The van der Waals surface area contributed by atoms with Gasteiger partial charge in [0.1, 0.15) is 0 Å². The van der Waals surface area contributed by atoms with Crippen LogP contribution in [0.5, 0.6) is 0 Å². The number of piperidine rings is 1. The molecule has 5 heteroatoms. The summed E-state index contributed by atoms with van der Waals surface area (Å²) in [5.74, 6) is 0.389. The summed E-state index contributed by atoms with van der Waals surface area (Å²) >= 11 is 4.84. The Morgan fingerprint density at radius 1 is 1.50 bits per heavy atom. The second-order valence-electron chi connectivity index (χ2n) is 4.30. The molecule has 0 spiro atoms. The van der Waals surface area contributed by atoms with E-state index in [-0.39, 0.29) is 11.8 Å². The number of carbonyl (C=O) groups is 1. The minimum atomic E-state index is 0.183. The third-order valence-corrected chi connectivity index (χ3v) is 3.31. The number of thiocarbonyl (C=S) groups is 1. The lowest BCUT2D eigenvalue weighted by molar-refractivity contribution is -0.125. The molecule has 1 heterocycles. The van der Waals surface area contributed by atoms with Crippen LogP contribution in [0.15, 0.2) is 0 Å². The molecule has 0 aromatic rings. The van der Waals surface area contributed by atoms with Gasteiger partial charge in [-0.15, -0.1) is 0 Å². The van der Waals surface area contributed by atoms with Crippen LogP contribution < -0.4 is 11.1 Å². The van der Waals surface area contributed by atoms with Crippen molar-refractivity contribution in [1.82, 2.24) is 10.2 Å². The van der Waals surface area contributed by atoms with Gasteiger partial charge >= 0.3 is 0 Å². The van der Waals surface area contributed by atoms with Gasteiger partial charge in [-0.05, 0) is 45.3 Å². The summed E-state index contributed by atoms with van der Waals surface area (Å²) in [6.45, 7) is 3.06. The van der Waals surface area contributed by atoms with Crippen LogP contribution in [0.1, 0.15) is 25.7 Å². The van der Waals surface area contributed by atoms with E-state index in [0.29, 0.717) is 4.99 Å². The van der Waals surface area contributed by atoms with Gasteiger partial charge in [-0.1, -0.05) is 12.2 Å². The van der Waals surface area contributed by atoms with Crippen LogP contribution in [-0.4, -0.2) is 42.5 Å². The highest BCUT2D eigenvalue weighted by atomic mass is 32.1. The number of hydrogen-bond acceptors (Lipinski definition) is 3. The molecule has 0 bridgehead atoms. The molecule has 16 heavy (non-hydrogen) atoms. The van der Waals surface area contributed by atoms with Gasteiger partial charge in [-0.2, -0.15) is 0 Å². The van der Waals surface area contributed by atoms with Crippen molar-refractivity contribution < 1.29 is 4.79 Å². The van der Waals surface area contributed by atoms with Crippen LogP contribution in [0, 0.1) is 5.92 Å². The van der Waals surface area contributed by atoms with Crippen molar-refractivity contribution >= 4 is 23.1 Å². The second kappa shape index (κ2) is 6.81. The zero-order chi connectivity index (χ0) is 12.0. The first-order valence-electron chi connectivity index (χ1n) is 5.85. The van der Waals surface area contributed by atoms with Gasteiger partial charge in [0.2, 0.25) is 5.91 Å². The molecule has 0 saturated carbocycles. The largest absolute Gasteiger partial charge is 0.393 e. The van der Waals surface area contributed by atoms with Crippen LogP contribution >= 0.6 is 12.2 Å². The second-order valence-corrected chi connectivity index (χ2v) is 4.82. The highest BCUT2D eigenvalue weighted by molar-refractivity contribution is 7.80. The predicted molar refractivity (Wildman–Crippen MR) is 69.3 cm³/mol. The van der Waals surface area contributed by atoms with Gasteiger partial charge in [0.05, 0.1) is 4.99 Å². The van der Waals surface area contributed by atoms with Crippen LogP contribution in [0.25, 0.3) is 0 Å². The average molecular weight is 243 g/mol. The summed E-state index contributed by atoms with van der Waals surface area (Å²) < 4.78 is 0. The van der Waals surface area contributed by atoms with E-state index in [0.717, 1.165) is 45.3 Å². The molecule has 0 aliphatic carbocycles. The maximum atomic E-state index is 11.4. The van der Waals surface area contributed by atoms with E-state index < -0.39 is 0 Å². The van der Waals surface area contributed by atoms with Crippen LogP contribution in [0.2, 0.25) is 0 Å². The Hall–Kier alpha value is -0.680. The van der Waals surface area contributed by atoms with Gasteiger partial charge in [0.25, 0.3) is 0 Å². The van der Waals surface area contributed by atoms with Gasteiger partial charge < -0.3 is 16.0 Å². The SMILES string of the molecule is CNC(=O)C1CCN(CCCC(N)=S)CC1. The Morgan fingerprint density at radius 2 is 2.12 bits per heavy atom. The quantitative estimate of drug-likeness (QED) is 0.691. The smallest absolute Gasteiger partial charge is 0.222 e. The molecule has 92 valence electrons. The Bertz CT molecular complexity index is 250. The molecule has 1 aliphatic heterocycles. The number of nitrogens with zero attached hydrogens (tertiary/aromatic N) is 1. The van der Waals surface area contributed by atoms with Crippen molar-refractivity contribution in [2.75, 3.05) is 26.7 Å². The van der Waals surface area contributed by atoms with E-state index in [1.807, 2.05) is 0 Å². The van der Waals surface area contributed by atoms with E-state index in [9.17, 15) is 4.79 Å². The third kappa shape index (κ3) is 4.45. The van der Waals surface area contributed by atoms with Gasteiger partial charge in [-0.25, -0.2) is 0 Å². The molecule has 0 unspecified atom stereocenters. The molecule has 1 fully saturated rings. The monoisotopic (exact) mass is 243 g/mol. The van der Waals surface area contributed by atoms with Crippen LogP contribution in [0.3, 0.4) is 0 Å². The third-order valence-electron chi connectivity index (χ3n) is 3.10. The molecular formula is C11H21N3OS. The topological polar surface area (TPSA) is 58.4 Å². The van der Waals surface area contributed by atoms with Gasteiger partial charge in [0, 0.05) is 13.0 Å². The molecule has 0 aromatic heterocycles. The van der Waals surface area contributed by atoms with Crippen molar-refractivity contribution in [2.24, 2.45) is 11.7 Å². The maximum Gasteiger partial charge on any atom is 0.222 e. The number of amides is 1. The molecule has 1 aliphatic rings. The van der Waals surface area contributed by atoms with Crippen molar-refractivity contribution in [3.05, 3.63) is 0 Å². The van der Waals surface area contributed by atoms with Crippen molar-refractivity contribution in [3.8, 4) is 0 Å². The lowest BCUT2D eigenvalue weighted by atomic mass is 9.96. The van der Waals surface area contributed by atoms with E-state index in [4.69, 9.17) is 18.0 Å². The number of hydrogen-bond donors (Lipinski definition) is 2. The maximum absolute atomic E-state index is 11.4. The Balaban J connectivity index is 2.17. The summed E-state index contributed by atoms with van der Waals surface area (Å²) in [5.41, 5.74) is 5.45. The van der Waals surface area contributed by atoms with Crippen molar-refractivity contribution in [1.29, 1.82) is 0 Å². The minimum Gasteiger partial charge on any atom is -0.393 e. The Kier molecular flexibility index (Phi) is 5.69. The Morgan fingerprint density at radius 3 is 2.62 bits per heavy atom. The van der Waals surface area contributed by atoms with Crippen molar-refractivity contribution in [2.45, 2.75) is 25.7 Å². The number of nitrogens with one attached hydrogen (secondary N) is 1. The summed E-state index contributed by atoms with van der Waals surface area (Å²) in [6.07, 6.45) is 3.78. The number of carbonyl (C=O) groups excluding carboxylic acids is 1. The lowest BCUT2D eigenvalue weighted by Gasteiger charge is -2.30. The number of rotatable bonds is 5. The van der Waals surface area contributed by atoms with E-state index in [1.165, 1.54) is 0 Å². The lowest BCUT2D eigenvalue weighted by Crippen LogP contribution is -2.40. The van der Waals surface area contributed by atoms with E-state index >= 15 is 0 Å². The first kappa shape index (κ1) is 13.4. The first-order valence-corrected chi connectivity index (χ1v) is 6.26. The predicted octanol–water partition coefficient (Wildman–Crippen LogP) is 0.511. The summed E-state index contributed by atoms with van der Waals surface area (Å²) in [6, 6.07) is 0. The fourth-order valence-electron chi connectivity index (χ4n) is 2.10. The normalized spacial score (nSPS) is 18.3.